The molecule has 0 N–H and O–H groups in total. The van der Waals surface area contributed by atoms with Gasteiger partial charge in [-0.1, -0.05) is 53.7 Å². The van der Waals surface area contributed by atoms with Crippen LogP contribution in [0.1, 0.15) is 12.5 Å². The van der Waals surface area contributed by atoms with E-state index in [1.807, 2.05) is 61.5 Å². The number of thioether (sulfide) groups is 1. The van der Waals surface area contributed by atoms with Crippen LogP contribution in [-0.2, 0) is 0 Å². The minimum absolute atomic E-state index is 0.720. The second-order valence-corrected chi connectivity index (χ2v) is 7.33. The van der Waals surface area contributed by atoms with Crippen LogP contribution in [0.25, 0.3) is 0 Å². The smallest absolute Gasteiger partial charge is 0.130 e. The van der Waals surface area contributed by atoms with Crippen LogP contribution in [0, 0.1) is 6.92 Å². The second kappa shape index (κ2) is 9.81. The molecular weight excluding hydrogens is 366 g/mol. The number of aliphatic imine (C=N–C) groups is 1. The van der Waals surface area contributed by atoms with Crippen molar-refractivity contribution in [3.8, 4) is 11.5 Å². The molecule has 142 valence electrons. The number of benzene rings is 3. The Balaban J connectivity index is 1.86. The minimum Gasteiger partial charge on any atom is -0.497 e. The van der Waals surface area contributed by atoms with E-state index in [2.05, 4.69) is 31.2 Å². The van der Waals surface area contributed by atoms with Gasteiger partial charge in [0.1, 0.15) is 16.5 Å². The normalized spacial score (nSPS) is 12.0. The van der Waals surface area contributed by atoms with Crippen LogP contribution in [0.15, 0.2) is 101 Å². The van der Waals surface area contributed by atoms with Gasteiger partial charge in [-0.15, -0.1) is 0 Å². The molecule has 0 fully saturated rings. The molecule has 0 amide bonds. The summed E-state index contributed by atoms with van der Waals surface area (Å²) in [7, 11) is 1.64. The molecule has 3 aromatic rings. The van der Waals surface area contributed by atoms with E-state index >= 15 is 0 Å². The van der Waals surface area contributed by atoms with E-state index in [0.29, 0.717) is 0 Å². The third-order valence-corrected chi connectivity index (χ3v) is 5.09. The maximum Gasteiger partial charge on any atom is 0.130 e. The number of methoxy groups -OCH3 is 1. The van der Waals surface area contributed by atoms with Gasteiger partial charge in [-0.25, -0.2) is 4.99 Å². The Morgan fingerprint density at radius 2 is 1.61 bits per heavy atom. The molecule has 0 aliphatic heterocycles. The Kier molecular flexibility index (Phi) is 6.93. The van der Waals surface area contributed by atoms with E-state index in [1.54, 1.807) is 25.1 Å². The summed E-state index contributed by atoms with van der Waals surface area (Å²) in [5, 5.41) is 0.887. The van der Waals surface area contributed by atoms with Gasteiger partial charge in [-0.3, -0.25) is 0 Å². The van der Waals surface area contributed by atoms with Gasteiger partial charge in [0, 0.05) is 16.5 Å². The lowest BCUT2D eigenvalue weighted by Gasteiger charge is -2.09. The van der Waals surface area contributed by atoms with Gasteiger partial charge < -0.3 is 9.47 Å². The predicted molar refractivity (Wildman–Crippen MR) is 118 cm³/mol. The molecule has 0 saturated heterocycles. The van der Waals surface area contributed by atoms with Gasteiger partial charge in [-0.2, -0.15) is 0 Å². The van der Waals surface area contributed by atoms with Crippen molar-refractivity contribution < 1.29 is 9.47 Å². The first kappa shape index (κ1) is 19.8. The fourth-order valence-corrected chi connectivity index (χ4v) is 3.29. The SMILES string of the molecule is COc1cccc(O/C=C(\C)C(=Nc2ccc(C)cc2)Sc2ccccc2)c1. The molecule has 0 spiro atoms. The molecule has 4 heteroatoms. The van der Waals surface area contributed by atoms with E-state index in [9.17, 15) is 0 Å². The maximum absolute atomic E-state index is 5.85. The van der Waals surface area contributed by atoms with Crippen LogP contribution in [-0.4, -0.2) is 12.2 Å². The third-order valence-electron chi connectivity index (χ3n) is 3.97. The molecule has 0 aromatic heterocycles. The molecule has 0 bridgehead atoms. The van der Waals surface area contributed by atoms with Crippen LogP contribution < -0.4 is 9.47 Å². The molecule has 0 aliphatic rings. The highest BCUT2D eigenvalue weighted by molar-refractivity contribution is 8.14. The largest absolute Gasteiger partial charge is 0.497 e. The van der Waals surface area contributed by atoms with Crippen molar-refractivity contribution in [3.05, 3.63) is 96.3 Å². The Bertz CT molecular complexity index is 963. The zero-order valence-electron chi connectivity index (χ0n) is 16.3. The summed E-state index contributed by atoms with van der Waals surface area (Å²) >= 11 is 1.62. The van der Waals surface area contributed by atoms with Crippen LogP contribution in [0.2, 0.25) is 0 Å². The van der Waals surface area contributed by atoms with Crippen molar-refractivity contribution in [2.75, 3.05) is 7.11 Å². The zero-order chi connectivity index (χ0) is 19.8. The molecule has 0 heterocycles. The molecule has 28 heavy (non-hydrogen) atoms. The van der Waals surface area contributed by atoms with Crippen molar-refractivity contribution in [3.63, 3.8) is 0 Å². The summed E-state index contributed by atoms with van der Waals surface area (Å²) in [5.41, 5.74) is 3.07. The summed E-state index contributed by atoms with van der Waals surface area (Å²) in [5.74, 6) is 1.48. The van der Waals surface area contributed by atoms with Crippen LogP contribution in [0.3, 0.4) is 0 Å². The van der Waals surface area contributed by atoms with E-state index in [-0.39, 0.29) is 0 Å². The first-order valence-electron chi connectivity index (χ1n) is 9.00. The van der Waals surface area contributed by atoms with Gasteiger partial charge in [0.15, 0.2) is 0 Å². The van der Waals surface area contributed by atoms with Crippen molar-refractivity contribution in [2.24, 2.45) is 4.99 Å². The van der Waals surface area contributed by atoms with E-state index in [1.165, 1.54) is 5.56 Å². The molecule has 3 aromatic carbocycles. The van der Waals surface area contributed by atoms with E-state index in [4.69, 9.17) is 14.5 Å². The summed E-state index contributed by atoms with van der Waals surface area (Å²) in [6.07, 6.45) is 1.73. The van der Waals surface area contributed by atoms with E-state index in [0.717, 1.165) is 32.7 Å². The van der Waals surface area contributed by atoms with Crippen molar-refractivity contribution in [1.29, 1.82) is 0 Å². The van der Waals surface area contributed by atoms with Gasteiger partial charge in [0.05, 0.1) is 19.1 Å². The molecular formula is C24H23NO2S. The minimum atomic E-state index is 0.720. The lowest BCUT2D eigenvalue weighted by Crippen LogP contribution is -1.97. The highest BCUT2D eigenvalue weighted by Crippen LogP contribution is 2.27. The topological polar surface area (TPSA) is 30.8 Å². The fourth-order valence-electron chi connectivity index (χ4n) is 2.41. The quantitative estimate of drug-likeness (QED) is 0.201. The first-order chi connectivity index (χ1) is 13.6. The molecule has 0 unspecified atom stereocenters. The van der Waals surface area contributed by atoms with Crippen molar-refractivity contribution in [2.45, 2.75) is 18.7 Å². The Labute approximate surface area is 170 Å². The Morgan fingerprint density at radius 1 is 0.893 bits per heavy atom. The third kappa shape index (κ3) is 5.76. The average Bonchev–Trinajstić information content (AvgIpc) is 2.74. The predicted octanol–water partition coefficient (Wildman–Crippen LogP) is 6.81. The van der Waals surface area contributed by atoms with Crippen LogP contribution in [0.4, 0.5) is 5.69 Å². The Hall–Kier alpha value is -2.98. The lowest BCUT2D eigenvalue weighted by molar-refractivity contribution is 0.408. The molecule has 3 nitrogen and oxygen atoms in total. The Morgan fingerprint density at radius 3 is 2.32 bits per heavy atom. The average molecular weight is 390 g/mol. The number of rotatable bonds is 6. The van der Waals surface area contributed by atoms with Crippen molar-refractivity contribution in [1.82, 2.24) is 0 Å². The van der Waals surface area contributed by atoms with Gasteiger partial charge in [0.2, 0.25) is 0 Å². The monoisotopic (exact) mass is 389 g/mol. The number of hydrogen-bond acceptors (Lipinski definition) is 4. The summed E-state index contributed by atoms with van der Waals surface area (Å²) in [6.45, 7) is 4.07. The summed E-state index contributed by atoms with van der Waals surface area (Å²) < 4.78 is 11.1. The standard InChI is InChI=1S/C24H23NO2S/c1-18-12-14-20(15-13-18)25-24(28-23-10-5-4-6-11-23)19(2)17-27-22-9-7-8-21(16-22)26-3/h4-17H,1-3H3/b19-17+,25-24?. The zero-order valence-corrected chi connectivity index (χ0v) is 17.1. The summed E-state index contributed by atoms with van der Waals surface area (Å²) in [6, 6.07) is 25.9. The van der Waals surface area contributed by atoms with Crippen molar-refractivity contribution >= 4 is 22.5 Å². The lowest BCUT2D eigenvalue weighted by atomic mass is 10.2. The number of hydrogen-bond donors (Lipinski definition) is 0. The molecule has 3 rings (SSSR count). The maximum atomic E-state index is 5.85. The van der Waals surface area contributed by atoms with Crippen LogP contribution in [0.5, 0.6) is 11.5 Å². The molecule has 0 atom stereocenters. The second-order valence-electron chi connectivity index (χ2n) is 6.27. The molecule has 0 radical (unpaired) electrons. The molecule has 0 saturated carbocycles. The first-order valence-corrected chi connectivity index (χ1v) is 9.82. The van der Waals surface area contributed by atoms with E-state index < -0.39 is 0 Å². The number of nitrogens with zero attached hydrogens (tertiary/aromatic N) is 1. The van der Waals surface area contributed by atoms with Gasteiger partial charge in [0.25, 0.3) is 0 Å². The van der Waals surface area contributed by atoms with Gasteiger partial charge >= 0.3 is 0 Å². The molecule has 0 aliphatic carbocycles. The highest BCUT2D eigenvalue weighted by atomic mass is 32.2. The van der Waals surface area contributed by atoms with Gasteiger partial charge in [-0.05, 0) is 50.2 Å². The fraction of sp³-hybridized carbons (Fsp3) is 0.125. The van der Waals surface area contributed by atoms with Crippen LogP contribution >= 0.6 is 11.8 Å². The summed E-state index contributed by atoms with van der Waals surface area (Å²) in [4.78, 5) is 5.97. The number of aryl methyl sites for hydroxylation is 1. The number of ether oxygens (including phenoxy) is 2. The highest BCUT2D eigenvalue weighted by Gasteiger charge is 2.07.